The van der Waals surface area contributed by atoms with E-state index in [2.05, 4.69) is 31.3 Å². The van der Waals surface area contributed by atoms with Gasteiger partial charge < -0.3 is 14.5 Å². The zero-order valence-corrected chi connectivity index (χ0v) is 17.4. The lowest BCUT2D eigenvalue weighted by atomic mass is 9.91. The fourth-order valence-electron chi connectivity index (χ4n) is 3.47. The van der Waals surface area contributed by atoms with E-state index in [-0.39, 0.29) is 30.5 Å². The molecule has 3 nitrogen and oxygen atoms in total. The van der Waals surface area contributed by atoms with Crippen molar-refractivity contribution in [1.82, 2.24) is 5.32 Å². The smallest absolute Gasteiger partial charge is 0.131 e. The van der Waals surface area contributed by atoms with Gasteiger partial charge in [0.15, 0.2) is 0 Å². The van der Waals surface area contributed by atoms with Crippen LogP contribution < -0.4 is 5.32 Å². The number of nitrogens with one attached hydrogen (secondary N) is 1. The third-order valence-electron chi connectivity index (χ3n) is 4.85. The molecule has 6 heteroatoms. The average Bonchev–Trinajstić information content (AvgIpc) is 3.17. The Labute approximate surface area is 176 Å². The van der Waals surface area contributed by atoms with E-state index >= 15 is 0 Å². The summed E-state index contributed by atoms with van der Waals surface area (Å²) in [5.41, 5.74) is 3.51. The van der Waals surface area contributed by atoms with Gasteiger partial charge in [-0.2, -0.15) is 0 Å². The maximum atomic E-state index is 13.8. The van der Waals surface area contributed by atoms with Gasteiger partial charge in [-0.3, -0.25) is 0 Å². The fraction of sp³-hybridized carbons (Fsp3) is 0.304. The van der Waals surface area contributed by atoms with Gasteiger partial charge in [0.1, 0.15) is 17.4 Å². The molecule has 2 aromatic carbocycles. The maximum Gasteiger partial charge on any atom is 0.131 e. The van der Waals surface area contributed by atoms with Crippen LogP contribution in [-0.4, -0.2) is 13.2 Å². The van der Waals surface area contributed by atoms with Crippen molar-refractivity contribution in [2.75, 3.05) is 13.2 Å². The summed E-state index contributed by atoms with van der Waals surface area (Å²) in [6.45, 7) is 5.65. The molecule has 0 amide bonds. The van der Waals surface area contributed by atoms with E-state index in [9.17, 15) is 8.78 Å². The maximum absolute atomic E-state index is 13.8. The summed E-state index contributed by atoms with van der Waals surface area (Å²) in [5, 5.41) is 3.39. The van der Waals surface area contributed by atoms with E-state index in [1.165, 1.54) is 34.9 Å². The Balaban J connectivity index is 0.00000300. The SMILES string of the molecule is Cc1cccc(C)c1C(CNCc1ccco1)COCc1c(F)cccc1F.Cl. The summed E-state index contributed by atoms with van der Waals surface area (Å²) in [6.07, 6.45) is 1.64. The van der Waals surface area contributed by atoms with Crippen molar-refractivity contribution in [3.63, 3.8) is 0 Å². The lowest BCUT2D eigenvalue weighted by molar-refractivity contribution is 0.101. The van der Waals surface area contributed by atoms with Crippen LogP contribution in [0.2, 0.25) is 0 Å². The number of benzene rings is 2. The molecule has 0 fully saturated rings. The molecule has 29 heavy (non-hydrogen) atoms. The minimum Gasteiger partial charge on any atom is -0.468 e. The van der Waals surface area contributed by atoms with Crippen LogP contribution >= 0.6 is 12.4 Å². The number of furan rings is 1. The van der Waals surface area contributed by atoms with Gasteiger partial charge in [0, 0.05) is 18.0 Å². The lowest BCUT2D eigenvalue weighted by Gasteiger charge is -2.22. The quantitative estimate of drug-likeness (QED) is 0.482. The number of halogens is 3. The van der Waals surface area contributed by atoms with Gasteiger partial charge >= 0.3 is 0 Å². The first kappa shape index (κ1) is 23.1. The van der Waals surface area contributed by atoms with Crippen LogP contribution in [-0.2, 0) is 17.9 Å². The number of rotatable bonds is 9. The van der Waals surface area contributed by atoms with E-state index in [1.807, 2.05) is 18.2 Å². The van der Waals surface area contributed by atoms with Crippen molar-refractivity contribution in [3.05, 3.63) is 94.4 Å². The zero-order valence-electron chi connectivity index (χ0n) is 16.6. The molecule has 3 aromatic rings. The van der Waals surface area contributed by atoms with Crippen molar-refractivity contribution >= 4 is 12.4 Å². The molecule has 0 bridgehead atoms. The van der Waals surface area contributed by atoms with Crippen molar-refractivity contribution in [1.29, 1.82) is 0 Å². The highest BCUT2D eigenvalue weighted by molar-refractivity contribution is 5.85. The monoisotopic (exact) mass is 421 g/mol. The molecule has 1 unspecified atom stereocenters. The van der Waals surface area contributed by atoms with Crippen LogP contribution in [0.1, 0.15) is 33.9 Å². The number of aryl methyl sites for hydroxylation is 2. The molecule has 1 heterocycles. The van der Waals surface area contributed by atoms with Crippen molar-refractivity contribution in [3.8, 4) is 0 Å². The largest absolute Gasteiger partial charge is 0.468 e. The van der Waals surface area contributed by atoms with E-state index in [0.29, 0.717) is 19.7 Å². The summed E-state index contributed by atoms with van der Waals surface area (Å²) < 4.78 is 38.8. The van der Waals surface area contributed by atoms with Crippen LogP contribution in [0.25, 0.3) is 0 Å². The normalized spacial score (nSPS) is 11.9. The van der Waals surface area contributed by atoms with Crippen molar-refractivity contribution in [2.24, 2.45) is 0 Å². The Hall–Kier alpha value is -2.21. The molecule has 0 spiro atoms. The predicted octanol–water partition coefficient (Wildman–Crippen LogP) is 5.69. The Morgan fingerprint density at radius 3 is 2.24 bits per heavy atom. The van der Waals surface area contributed by atoms with Gasteiger partial charge in [0.05, 0.1) is 26.0 Å². The molecule has 1 aromatic heterocycles. The Morgan fingerprint density at radius 1 is 0.966 bits per heavy atom. The van der Waals surface area contributed by atoms with Gasteiger partial charge in [-0.15, -0.1) is 12.4 Å². The molecule has 3 rings (SSSR count). The first-order valence-corrected chi connectivity index (χ1v) is 9.36. The third kappa shape index (κ3) is 6.13. The molecule has 1 atom stereocenters. The Morgan fingerprint density at radius 2 is 1.62 bits per heavy atom. The lowest BCUT2D eigenvalue weighted by Crippen LogP contribution is -2.25. The summed E-state index contributed by atoms with van der Waals surface area (Å²) in [4.78, 5) is 0. The summed E-state index contributed by atoms with van der Waals surface area (Å²) >= 11 is 0. The van der Waals surface area contributed by atoms with Crippen LogP contribution in [0.5, 0.6) is 0 Å². The van der Waals surface area contributed by atoms with Gasteiger partial charge in [-0.1, -0.05) is 24.3 Å². The molecule has 0 aliphatic heterocycles. The number of hydrogen-bond acceptors (Lipinski definition) is 3. The molecular weight excluding hydrogens is 396 g/mol. The van der Waals surface area contributed by atoms with Crippen molar-refractivity contribution in [2.45, 2.75) is 32.9 Å². The van der Waals surface area contributed by atoms with Crippen LogP contribution in [0, 0.1) is 25.5 Å². The minimum absolute atomic E-state index is 0. The first-order valence-electron chi connectivity index (χ1n) is 9.36. The zero-order chi connectivity index (χ0) is 19.9. The van der Waals surface area contributed by atoms with E-state index in [4.69, 9.17) is 9.15 Å². The van der Waals surface area contributed by atoms with E-state index < -0.39 is 11.6 Å². The summed E-state index contributed by atoms with van der Waals surface area (Å²) in [5.74, 6) is -0.264. The molecule has 0 radical (unpaired) electrons. The standard InChI is InChI=1S/C23H25F2NO2.ClH/c1-16-6-3-7-17(2)23(16)18(12-26-13-19-8-5-11-28-19)14-27-15-20-21(24)9-4-10-22(20)25;/h3-11,18,26H,12-15H2,1-2H3;1H. The second-order valence-electron chi connectivity index (χ2n) is 6.93. The fourth-order valence-corrected chi connectivity index (χ4v) is 3.47. The topological polar surface area (TPSA) is 34.4 Å². The van der Waals surface area contributed by atoms with Gasteiger partial charge in [0.25, 0.3) is 0 Å². The van der Waals surface area contributed by atoms with Crippen LogP contribution in [0.4, 0.5) is 8.78 Å². The molecule has 156 valence electrons. The number of hydrogen-bond donors (Lipinski definition) is 1. The van der Waals surface area contributed by atoms with E-state index in [1.54, 1.807) is 6.26 Å². The second-order valence-corrected chi connectivity index (χ2v) is 6.93. The molecular formula is C23H26ClF2NO2. The van der Waals surface area contributed by atoms with Gasteiger partial charge in [-0.25, -0.2) is 8.78 Å². The first-order chi connectivity index (χ1) is 13.6. The predicted molar refractivity (Wildman–Crippen MR) is 112 cm³/mol. The van der Waals surface area contributed by atoms with Crippen LogP contribution in [0.3, 0.4) is 0 Å². The van der Waals surface area contributed by atoms with Gasteiger partial charge in [-0.05, 0) is 54.8 Å². The molecule has 0 aliphatic rings. The third-order valence-corrected chi connectivity index (χ3v) is 4.85. The van der Waals surface area contributed by atoms with Crippen molar-refractivity contribution < 1.29 is 17.9 Å². The molecule has 0 saturated carbocycles. The second kappa shape index (κ2) is 11.1. The molecule has 0 aliphatic carbocycles. The van der Waals surface area contributed by atoms with Gasteiger partial charge in [0.2, 0.25) is 0 Å². The van der Waals surface area contributed by atoms with Crippen LogP contribution in [0.15, 0.2) is 59.2 Å². The minimum atomic E-state index is -0.584. The van der Waals surface area contributed by atoms with E-state index in [0.717, 1.165) is 5.76 Å². The highest BCUT2D eigenvalue weighted by Crippen LogP contribution is 2.25. The Bertz CT molecular complexity index is 859. The molecule has 1 N–H and O–H groups in total. The average molecular weight is 422 g/mol. The number of ether oxygens (including phenoxy) is 1. The summed E-state index contributed by atoms with van der Waals surface area (Å²) in [7, 11) is 0. The summed E-state index contributed by atoms with van der Waals surface area (Å²) in [6, 6.07) is 13.8. The Kier molecular flexibility index (Phi) is 8.83. The highest BCUT2D eigenvalue weighted by atomic mass is 35.5. The molecule has 0 saturated heterocycles. The highest BCUT2D eigenvalue weighted by Gasteiger charge is 2.18.